The number of carbonyl (C=O) groups excluding carboxylic acids is 1. The molecule has 0 radical (unpaired) electrons. The van der Waals surface area contributed by atoms with E-state index < -0.39 is 0 Å². The first-order chi connectivity index (χ1) is 2.41. The lowest BCUT2D eigenvalue weighted by Crippen LogP contribution is -2.04. The SMILES string of the molecule is NOBC=O. The van der Waals surface area contributed by atoms with Crippen LogP contribution in [0.5, 0.6) is 0 Å². The zero-order valence-electron chi connectivity index (χ0n) is 2.68. The van der Waals surface area contributed by atoms with Crippen LogP contribution in [0.4, 0.5) is 0 Å². The molecule has 5 heavy (non-hydrogen) atoms. The molecule has 4 heteroatoms. The highest BCUT2D eigenvalue weighted by molar-refractivity contribution is 6.60. The van der Waals surface area contributed by atoms with E-state index in [2.05, 4.69) is 10.7 Å². The van der Waals surface area contributed by atoms with E-state index in [1.54, 1.807) is 0 Å². The van der Waals surface area contributed by atoms with E-state index in [0.29, 0.717) is 6.19 Å². The van der Waals surface area contributed by atoms with Crippen LogP contribution >= 0.6 is 0 Å². The maximum absolute atomic E-state index is 9.20. The van der Waals surface area contributed by atoms with E-state index in [1.807, 2.05) is 0 Å². The van der Waals surface area contributed by atoms with Gasteiger partial charge in [0, 0.05) is 0 Å². The lowest BCUT2D eigenvalue weighted by molar-refractivity contribution is 0.362. The number of rotatable bonds is 2. The minimum absolute atomic E-state index is 0.0139. The highest BCUT2D eigenvalue weighted by atomic mass is 16.6. The molecular weight excluding hydrogens is 68.8 g/mol. The molecule has 0 aromatic rings. The van der Waals surface area contributed by atoms with Gasteiger partial charge < -0.3 is 9.55 Å². The van der Waals surface area contributed by atoms with E-state index in [-0.39, 0.29) is 7.48 Å². The summed E-state index contributed by atoms with van der Waals surface area (Å²) in [6.45, 7) is 0. The summed E-state index contributed by atoms with van der Waals surface area (Å²) in [4.78, 5) is 9.20. The molecule has 0 aliphatic heterocycles. The molecular formula is CH4BNO2. The van der Waals surface area contributed by atoms with E-state index >= 15 is 0 Å². The zero-order valence-corrected chi connectivity index (χ0v) is 2.68. The number of nitrogens with two attached hydrogens (primary N) is 1. The monoisotopic (exact) mass is 73.0 g/mol. The van der Waals surface area contributed by atoms with Crippen molar-refractivity contribution >= 4 is 13.7 Å². The van der Waals surface area contributed by atoms with Gasteiger partial charge in [0.2, 0.25) is 0 Å². The Hall–Kier alpha value is -0.345. The topological polar surface area (TPSA) is 52.3 Å². The second-order valence-electron chi connectivity index (χ2n) is 0.500. The largest absolute Gasteiger partial charge is 0.373 e. The first kappa shape index (κ1) is 4.65. The molecule has 0 fully saturated rings. The normalized spacial score (nSPS) is 6.60. The molecule has 3 nitrogen and oxygen atoms in total. The van der Waals surface area contributed by atoms with Crippen LogP contribution in [0.25, 0.3) is 0 Å². The highest BCUT2D eigenvalue weighted by Crippen LogP contribution is 1.37. The molecule has 0 heterocycles. The Bertz CT molecular complexity index is 30.8. The molecule has 0 saturated carbocycles. The predicted octanol–water partition coefficient (Wildman–Crippen LogP) is -1.58. The van der Waals surface area contributed by atoms with Crippen LogP contribution in [0.1, 0.15) is 0 Å². The Morgan fingerprint density at radius 2 is 2.60 bits per heavy atom. The molecule has 0 saturated heterocycles. The molecule has 0 atom stereocenters. The molecule has 28 valence electrons. The fraction of sp³-hybridized carbons (Fsp3) is 0. The van der Waals surface area contributed by atoms with E-state index in [4.69, 9.17) is 0 Å². The predicted molar refractivity (Wildman–Crippen MR) is 19.2 cm³/mol. The minimum atomic E-state index is -0.0139. The minimum Gasteiger partial charge on any atom is -0.361 e. The molecule has 0 aromatic heterocycles. The van der Waals surface area contributed by atoms with Gasteiger partial charge in [-0.15, -0.1) is 0 Å². The van der Waals surface area contributed by atoms with E-state index in [1.165, 1.54) is 0 Å². The van der Waals surface area contributed by atoms with Crippen molar-refractivity contribution in [3.05, 3.63) is 0 Å². The van der Waals surface area contributed by atoms with Crippen LogP contribution in [0.3, 0.4) is 0 Å². The van der Waals surface area contributed by atoms with Crippen LogP contribution in [0.2, 0.25) is 0 Å². The Labute approximate surface area is 30.3 Å². The smallest absolute Gasteiger partial charge is 0.361 e. The number of hydrogen-bond donors (Lipinski definition) is 1. The fourth-order valence-electron chi connectivity index (χ4n) is 0.0393. The van der Waals surface area contributed by atoms with Gasteiger partial charge in [0.05, 0.1) is 0 Å². The third-order valence-electron chi connectivity index (χ3n) is 0.164. The summed E-state index contributed by atoms with van der Waals surface area (Å²) < 4.78 is 3.82. The van der Waals surface area contributed by atoms with Crippen molar-refractivity contribution < 1.29 is 9.55 Å². The van der Waals surface area contributed by atoms with Gasteiger partial charge in [-0.05, 0) is 0 Å². The average molecular weight is 72.9 g/mol. The summed E-state index contributed by atoms with van der Waals surface area (Å²) in [5.74, 6) is 4.41. The third-order valence-corrected chi connectivity index (χ3v) is 0.164. The molecule has 0 unspecified atom stereocenters. The molecule has 0 bridgehead atoms. The maximum atomic E-state index is 9.20. The van der Waals surface area contributed by atoms with Crippen LogP contribution in [0.15, 0.2) is 0 Å². The van der Waals surface area contributed by atoms with Crippen molar-refractivity contribution in [2.45, 2.75) is 0 Å². The summed E-state index contributed by atoms with van der Waals surface area (Å²) >= 11 is 0. The maximum Gasteiger partial charge on any atom is 0.373 e. The second kappa shape index (κ2) is 3.65. The third kappa shape index (κ3) is 3.65. The summed E-state index contributed by atoms with van der Waals surface area (Å²) in [7, 11) is -0.0139. The van der Waals surface area contributed by atoms with Crippen molar-refractivity contribution in [3.8, 4) is 0 Å². The molecule has 0 rings (SSSR count). The van der Waals surface area contributed by atoms with E-state index in [9.17, 15) is 4.79 Å². The van der Waals surface area contributed by atoms with Crippen molar-refractivity contribution in [2.75, 3.05) is 0 Å². The molecule has 2 N–H and O–H groups in total. The van der Waals surface area contributed by atoms with Gasteiger partial charge >= 0.3 is 7.48 Å². The molecule has 0 spiro atoms. The fourth-order valence-corrected chi connectivity index (χ4v) is 0.0393. The molecule has 0 aromatic carbocycles. The second-order valence-corrected chi connectivity index (χ2v) is 0.500. The lowest BCUT2D eigenvalue weighted by atomic mass is 10.1. The zero-order chi connectivity index (χ0) is 4.12. The Morgan fingerprint density at radius 1 is 2.00 bits per heavy atom. The highest BCUT2D eigenvalue weighted by Gasteiger charge is 1.73. The van der Waals surface area contributed by atoms with Gasteiger partial charge in [0.25, 0.3) is 0 Å². The average Bonchev–Trinajstić information content (AvgIpc) is 1.41. The first-order valence-corrected chi connectivity index (χ1v) is 1.17. The van der Waals surface area contributed by atoms with Gasteiger partial charge in [0.15, 0.2) is 0 Å². The van der Waals surface area contributed by atoms with Gasteiger partial charge in [-0.2, -0.15) is 0 Å². The summed E-state index contributed by atoms with van der Waals surface area (Å²) in [6, 6.07) is 0. The summed E-state index contributed by atoms with van der Waals surface area (Å²) in [5.41, 5.74) is 0. The lowest BCUT2D eigenvalue weighted by Gasteiger charge is -1.73. The van der Waals surface area contributed by atoms with Crippen molar-refractivity contribution in [3.63, 3.8) is 0 Å². The Kier molecular flexibility index (Phi) is 3.40. The van der Waals surface area contributed by atoms with Crippen molar-refractivity contribution in [1.29, 1.82) is 0 Å². The van der Waals surface area contributed by atoms with Crippen molar-refractivity contribution in [1.82, 2.24) is 0 Å². The van der Waals surface area contributed by atoms with Crippen LogP contribution in [0, 0.1) is 0 Å². The molecule has 0 aliphatic carbocycles. The van der Waals surface area contributed by atoms with E-state index in [0.717, 1.165) is 0 Å². The van der Waals surface area contributed by atoms with Crippen LogP contribution in [-0.4, -0.2) is 13.7 Å². The van der Waals surface area contributed by atoms with Crippen molar-refractivity contribution in [2.24, 2.45) is 5.90 Å². The molecule has 0 amide bonds. The first-order valence-electron chi connectivity index (χ1n) is 1.17. The summed E-state index contributed by atoms with van der Waals surface area (Å²) in [6.07, 6.45) is 0.583. The Morgan fingerprint density at radius 3 is 2.60 bits per heavy atom. The van der Waals surface area contributed by atoms with Gasteiger partial charge in [-0.3, -0.25) is 0 Å². The van der Waals surface area contributed by atoms with Crippen LogP contribution < -0.4 is 5.90 Å². The Balaban J connectivity index is 2.40. The van der Waals surface area contributed by atoms with Gasteiger partial charge in [0.1, 0.15) is 6.19 Å². The van der Waals surface area contributed by atoms with Crippen LogP contribution in [-0.2, 0) is 9.55 Å². The number of carbonyl (C=O) groups is 1. The van der Waals surface area contributed by atoms with Gasteiger partial charge in [-0.1, -0.05) is 0 Å². The number of hydrogen-bond acceptors (Lipinski definition) is 3. The molecule has 0 aliphatic rings. The standard InChI is InChI=1S/CH4BNO2/c3-5-2-1-4/h1-2H,3H2. The summed E-state index contributed by atoms with van der Waals surface area (Å²) in [5, 5.41) is 0. The van der Waals surface area contributed by atoms with Gasteiger partial charge in [-0.25, -0.2) is 5.90 Å². The quantitative estimate of drug-likeness (QED) is 0.244.